The fourth-order valence-corrected chi connectivity index (χ4v) is 1.99. The van der Waals surface area contributed by atoms with Crippen LogP contribution in [0.2, 0.25) is 0 Å². The van der Waals surface area contributed by atoms with E-state index in [0.29, 0.717) is 5.56 Å². The molecule has 6 heteroatoms. The number of hydrogen-bond donors (Lipinski definition) is 1. The molecule has 80 valence electrons. The predicted molar refractivity (Wildman–Crippen MR) is 46.9 cm³/mol. The molecule has 0 amide bonds. The number of alkyl halides is 4. The summed E-state index contributed by atoms with van der Waals surface area (Å²) in [5.74, 6) is -4.17. The van der Waals surface area contributed by atoms with Crippen LogP contribution in [0.4, 0.5) is 17.6 Å². The first-order chi connectivity index (χ1) is 6.37. The minimum Gasteiger partial charge on any atom is -0.318 e. The maximum absolute atomic E-state index is 12.8. The third kappa shape index (κ3) is 1.90. The third-order valence-corrected chi connectivity index (χ3v) is 2.99. The smallest absolute Gasteiger partial charge is 0.318 e. The molecule has 1 unspecified atom stereocenters. The molecule has 0 radical (unpaired) electrons. The van der Waals surface area contributed by atoms with Crippen molar-refractivity contribution in [1.82, 2.24) is 0 Å². The van der Waals surface area contributed by atoms with Crippen molar-refractivity contribution in [2.45, 2.75) is 25.3 Å². The molecular formula is C8H9F4NS. The topological polar surface area (TPSA) is 26.0 Å². The van der Waals surface area contributed by atoms with E-state index < -0.39 is 18.4 Å². The number of rotatable bonds is 3. The van der Waals surface area contributed by atoms with Gasteiger partial charge in [-0.15, -0.1) is 11.3 Å². The maximum Gasteiger partial charge on any atom is 0.327 e. The molecule has 0 bridgehead atoms. The largest absolute Gasteiger partial charge is 0.327 e. The summed E-state index contributed by atoms with van der Waals surface area (Å²) in [6, 6.07) is -0.357. The van der Waals surface area contributed by atoms with Crippen LogP contribution < -0.4 is 5.73 Å². The van der Waals surface area contributed by atoms with Crippen LogP contribution in [0.15, 0.2) is 11.4 Å². The molecule has 0 fully saturated rings. The molecule has 0 spiro atoms. The minimum atomic E-state index is -4.17. The van der Waals surface area contributed by atoms with Crippen molar-refractivity contribution < 1.29 is 17.6 Å². The van der Waals surface area contributed by atoms with E-state index in [-0.39, 0.29) is 4.88 Å². The number of hydrogen-bond acceptors (Lipinski definition) is 2. The highest BCUT2D eigenvalue weighted by atomic mass is 32.1. The summed E-state index contributed by atoms with van der Waals surface area (Å²) in [7, 11) is 0. The number of nitrogens with two attached hydrogens (primary N) is 1. The average molecular weight is 227 g/mol. The van der Waals surface area contributed by atoms with Gasteiger partial charge in [0.05, 0.1) is 0 Å². The van der Waals surface area contributed by atoms with Gasteiger partial charge in [-0.1, -0.05) is 0 Å². The Hall–Kier alpha value is -0.620. The quantitative estimate of drug-likeness (QED) is 0.789. The van der Waals surface area contributed by atoms with Crippen molar-refractivity contribution in [2.75, 3.05) is 0 Å². The second kappa shape index (κ2) is 3.86. The summed E-state index contributed by atoms with van der Waals surface area (Å²) in [6.45, 7) is 1.56. The highest BCUT2D eigenvalue weighted by Gasteiger charge is 2.48. The van der Waals surface area contributed by atoms with Crippen molar-refractivity contribution in [3.63, 3.8) is 0 Å². The molecule has 1 aromatic heterocycles. The van der Waals surface area contributed by atoms with Crippen LogP contribution in [-0.2, 0) is 0 Å². The van der Waals surface area contributed by atoms with Crippen LogP contribution in [0.25, 0.3) is 0 Å². The zero-order chi connectivity index (χ0) is 10.9. The number of halogens is 4. The third-order valence-electron chi connectivity index (χ3n) is 1.89. The summed E-state index contributed by atoms with van der Waals surface area (Å²) < 4.78 is 49.6. The number of aryl methyl sites for hydroxylation is 1. The van der Waals surface area contributed by atoms with Gasteiger partial charge < -0.3 is 5.73 Å². The molecule has 0 saturated heterocycles. The molecule has 0 aliphatic carbocycles. The van der Waals surface area contributed by atoms with Gasteiger partial charge in [0.15, 0.2) is 0 Å². The lowest BCUT2D eigenvalue weighted by atomic mass is 10.1. The molecule has 0 aliphatic rings. The molecule has 1 aromatic rings. The molecule has 0 saturated carbocycles. The van der Waals surface area contributed by atoms with Crippen LogP contribution in [-0.4, -0.2) is 12.3 Å². The fraction of sp³-hybridized carbons (Fsp3) is 0.500. The second-order valence-electron chi connectivity index (χ2n) is 2.92. The zero-order valence-corrected chi connectivity index (χ0v) is 8.12. The molecule has 0 aliphatic heterocycles. The van der Waals surface area contributed by atoms with E-state index in [1.807, 2.05) is 0 Å². The summed E-state index contributed by atoms with van der Waals surface area (Å²) in [5.41, 5.74) is 5.62. The molecule has 1 heterocycles. The summed E-state index contributed by atoms with van der Waals surface area (Å²) in [4.78, 5) is 0.107. The van der Waals surface area contributed by atoms with Crippen LogP contribution in [0.1, 0.15) is 16.5 Å². The first-order valence-electron chi connectivity index (χ1n) is 3.83. The van der Waals surface area contributed by atoms with E-state index in [0.717, 1.165) is 11.3 Å². The molecular weight excluding hydrogens is 218 g/mol. The van der Waals surface area contributed by atoms with Gasteiger partial charge in [0, 0.05) is 4.88 Å². The first kappa shape index (κ1) is 11.5. The van der Waals surface area contributed by atoms with Crippen LogP contribution in [0, 0.1) is 6.92 Å². The lowest BCUT2D eigenvalue weighted by Gasteiger charge is -2.22. The molecule has 1 rings (SSSR count). The lowest BCUT2D eigenvalue weighted by molar-refractivity contribution is -0.144. The zero-order valence-electron chi connectivity index (χ0n) is 7.31. The summed E-state index contributed by atoms with van der Waals surface area (Å²) in [5, 5.41) is 1.55. The van der Waals surface area contributed by atoms with Gasteiger partial charge in [0.25, 0.3) is 0 Å². The lowest BCUT2D eigenvalue weighted by Crippen LogP contribution is -2.39. The fourth-order valence-electron chi connectivity index (χ4n) is 1.01. The van der Waals surface area contributed by atoms with Crippen molar-refractivity contribution in [3.8, 4) is 0 Å². The van der Waals surface area contributed by atoms with E-state index in [4.69, 9.17) is 5.73 Å². The van der Waals surface area contributed by atoms with Gasteiger partial charge in [-0.25, -0.2) is 8.78 Å². The van der Waals surface area contributed by atoms with E-state index in [1.165, 1.54) is 0 Å². The highest BCUT2D eigenvalue weighted by molar-refractivity contribution is 7.10. The Morgan fingerprint density at radius 3 is 2.36 bits per heavy atom. The Morgan fingerprint density at radius 1 is 1.43 bits per heavy atom. The van der Waals surface area contributed by atoms with Crippen molar-refractivity contribution in [2.24, 2.45) is 5.73 Å². The van der Waals surface area contributed by atoms with Crippen molar-refractivity contribution in [1.29, 1.82) is 0 Å². The van der Waals surface area contributed by atoms with E-state index in [1.54, 1.807) is 18.4 Å². The Labute approximate surface area is 82.5 Å². The SMILES string of the molecule is Cc1ccsc1C(N)C(F)(F)C(F)F. The van der Waals surface area contributed by atoms with Gasteiger partial charge in [-0.2, -0.15) is 8.78 Å². The standard InChI is InChI=1S/C8H9F4NS/c1-4-2-3-14-5(4)6(13)8(11,12)7(9)10/h2-3,6-7H,13H2,1H3. The monoisotopic (exact) mass is 227 g/mol. The Morgan fingerprint density at radius 2 is 2.00 bits per heavy atom. The number of thiophene rings is 1. The predicted octanol–water partition coefficient (Wildman–Crippen LogP) is 2.96. The molecule has 0 aromatic carbocycles. The van der Waals surface area contributed by atoms with Crippen molar-refractivity contribution in [3.05, 3.63) is 21.9 Å². The van der Waals surface area contributed by atoms with E-state index in [2.05, 4.69) is 0 Å². The van der Waals surface area contributed by atoms with Gasteiger partial charge in [-0.3, -0.25) is 0 Å². The Balaban J connectivity index is 2.96. The Bertz CT molecular complexity index is 310. The molecule has 2 N–H and O–H groups in total. The molecule has 14 heavy (non-hydrogen) atoms. The van der Waals surface area contributed by atoms with E-state index in [9.17, 15) is 17.6 Å². The Kier molecular flexibility index (Phi) is 3.16. The highest BCUT2D eigenvalue weighted by Crippen LogP contribution is 2.37. The average Bonchev–Trinajstić information content (AvgIpc) is 2.49. The van der Waals surface area contributed by atoms with Gasteiger partial charge >= 0.3 is 12.3 Å². The van der Waals surface area contributed by atoms with Crippen LogP contribution in [0.3, 0.4) is 0 Å². The van der Waals surface area contributed by atoms with Crippen molar-refractivity contribution >= 4 is 11.3 Å². The molecule has 1 nitrogen and oxygen atoms in total. The van der Waals surface area contributed by atoms with Gasteiger partial charge in [0.1, 0.15) is 6.04 Å². The second-order valence-corrected chi connectivity index (χ2v) is 3.87. The molecule has 1 atom stereocenters. The summed E-state index contributed by atoms with van der Waals surface area (Å²) in [6.07, 6.45) is -3.74. The normalized spacial score (nSPS) is 14.8. The van der Waals surface area contributed by atoms with Gasteiger partial charge in [-0.05, 0) is 23.9 Å². The first-order valence-corrected chi connectivity index (χ1v) is 4.71. The van der Waals surface area contributed by atoms with E-state index >= 15 is 0 Å². The minimum absolute atomic E-state index is 0.107. The summed E-state index contributed by atoms with van der Waals surface area (Å²) >= 11 is 0.964. The van der Waals surface area contributed by atoms with Crippen LogP contribution >= 0.6 is 11.3 Å². The maximum atomic E-state index is 12.8. The van der Waals surface area contributed by atoms with Gasteiger partial charge in [0.2, 0.25) is 0 Å². The van der Waals surface area contributed by atoms with Crippen LogP contribution in [0.5, 0.6) is 0 Å².